The molecule has 0 aromatic heterocycles. The number of aliphatic carboxylic acids is 3. The normalized spacial score (nSPS) is 14.9. The van der Waals surface area contributed by atoms with E-state index in [2.05, 4.69) is 6.58 Å². The van der Waals surface area contributed by atoms with Crippen molar-refractivity contribution in [2.75, 3.05) is 20.6 Å². The average molecular weight is 353 g/mol. The van der Waals surface area contributed by atoms with Gasteiger partial charge in [0.2, 0.25) is 0 Å². The summed E-state index contributed by atoms with van der Waals surface area (Å²) >= 11 is 0. The Kier molecular flexibility index (Phi) is 8.84. The summed E-state index contributed by atoms with van der Waals surface area (Å²) in [5.41, 5.74) is -1.63. The number of hydrogen-bond acceptors (Lipinski definition) is 4. The number of carboxylic acids is 3. The Morgan fingerprint density at radius 1 is 0.920 bits per heavy atom. The highest BCUT2D eigenvalue weighted by Gasteiger charge is 2.35. The van der Waals surface area contributed by atoms with Crippen LogP contribution in [-0.2, 0) is 14.4 Å². The van der Waals surface area contributed by atoms with Gasteiger partial charge in [-0.15, -0.1) is 0 Å². The standard InChI is InChI=1S/C18H27NO6/c1-6-13(16(22)23)10-18(8-9-19(4)5,12(3)15(20)21)11-14(7-2)17(24)25/h10-11H,3,6-9H2,1-2,4-5H3,(H,20,21)(H,22,23)(H,24,25). The van der Waals surface area contributed by atoms with Crippen LogP contribution in [0.2, 0.25) is 0 Å². The second kappa shape index (κ2) is 9.78. The lowest BCUT2D eigenvalue weighted by atomic mass is 9.74. The van der Waals surface area contributed by atoms with E-state index in [4.69, 9.17) is 0 Å². The first-order chi connectivity index (χ1) is 11.5. The summed E-state index contributed by atoms with van der Waals surface area (Å²) < 4.78 is 0. The fourth-order valence-corrected chi connectivity index (χ4v) is 2.37. The van der Waals surface area contributed by atoms with E-state index in [0.29, 0.717) is 6.54 Å². The lowest BCUT2D eigenvalue weighted by Crippen LogP contribution is -2.30. The summed E-state index contributed by atoms with van der Waals surface area (Å²) in [5.74, 6) is -3.64. The molecule has 0 saturated heterocycles. The van der Waals surface area contributed by atoms with E-state index < -0.39 is 23.3 Å². The highest BCUT2D eigenvalue weighted by Crippen LogP contribution is 2.38. The number of nitrogens with zero attached hydrogens (tertiary/aromatic N) is 1. The van der Waals surface area contributed by atoms with E-state index >= 15 is 0 Å². The Hall–Kier alpha value is -2.41. The van der Waals surface area contributed by atoms with Crippen LogP contribution in [0.4, 0.5) is 0 Å². The average Bonchev–Trinajstić information content (AvgIpc) is 2.52. The van der Waals surface area contributed by atoms with Crippen LogP contribution >= 0.6 is 0 Å². The van der Waals surface area contributed by atoms with Gasteiger partial charge in [-0.05, 0) is 39.9 Å². The maximum atomic E-state index is 11.6. The summed E-state index contributed by atoms with van der Waals surface area (Å²) in [7, 11) is 3.58. The van der Waals surface area contributed by atoms with Crippen LogP contribution < -0.4 is 0 Å². The van der Waals surface area contributed by atoms with Crippen molar-refractivity contribution in [1.82, 2.24) is 4.90 Å². The summed E-state index contributed by atoms with van der Waals surface area (Å²) in [4.78, 5) is 36.3. The third-order valence-corrected chi connectivity index (χ3v) is 3.97. The first-order valence-electron chi connectivity index (χ1n) is 7.98. The molecule has 0 unspecified atom stereocenters. The zero-order valence-corrected chi connectivity index (χ0v) is 15.2. The molecule has 7 heteroatoms. The smallest absolute Gasteiger partial charge is 0.332 e. The van der Waals surface area contributed by atoms with Gasteiger partial charge in [-0.25, -0.2) is 14.4 Å². The fourth-order valence-electron chi connectivity index (χ4n) is 2.37. The maximum absolute atomic E-state index is 11.6. The largest absolute Gasteiger partial charge is 0.478 e. The van der Waals surface area contributed by atoms with Crippen LogP contribution in [0.3, 0.4) is 0 Å². The fraction of sp³-hybridized carbons (Fsp3) is 0.500. The minimum atomic E-state index is -1.40. The molecule has 0 heterocycles. The first-order valence-corrected chi connectivity index (χ1v) is 7.98. The van der Waals surface area contributed by atoms with Crippen LogP contribution in [0.25, 0.3) is 0 Å². The second-order valence-electron chi connectivity index (χ2n) is 6.03. The molecule has 140 valence electrons. The molecule has 0 saturated carbocycles. The molecule has 0 aromatic rings. The van der Waals surface area contributed by atoms with E-state index in [0.717, 1.165) is 0 Å². The third-order valence-electron chi connectivity index (χ3n) is 3.97. The summed E-state index contributed by atoms with van der Waals surface area (Å²) in [6.45, 7) is 7.31. The number of rotatable bonds is 11. The highest BCUT2D eigenvalue weighted by molar-refractivity contribution is 5.92. The van der Waals surface area contributed by atoms with Gasteiger partial charge in [-0.1, -0.05) is 32.6 Å². The van der Waals surface area contributed by atoms with Crippen molar-refractivity contribution in [3.8, 4) is 0 Å². The Morgan fingerprint density at radius 3 is 1.56 bits per heavy atom. The maximum Gasteiger partial charge on any atom is 0.332 e. The molecule has 25 heavy (non-hydrogen) atoms. The third kappa shape index (κ3) is 6.54. The molecular weight excluding hydrogens is 326 g/mol. The first kappa shape index (κ1) is 22.6. The molecular formula is C18H27NO6. The van der Waals surface area contributed by atoms with E-state index in [1.54, 1.807) is 27.9 Å². The number of carboxylic acid groups (broad SMARTS) is 3. The Balaban J connectivity index is 6.61. The van der Waals surface area contributed by atoms with Gasteiger partial charge < -0.3 is 20.2 Å². The van der Waals surface area contributed by atoms with Gasteiger partial charge in [0, 0.05) is 22.1 Å². The van der Waals surface area contributed by atoms with Crippen molar-refractivity contribution in [2.24, 2.45) is 5.41 Å². The SMILES string of the molecule is C=C(C(=O)O)C(C=C(CC)C(=O)O)(C=C(CC)C(=O)O)CCN(C)C. The van der Waals surface area contributed by atoms with Gasteiger partial charge in [0.1, 0.15) is 0 Å². The molecule has 0 aliphatic heterocycles. The summed E-state index contributed by atoms with van der Waals surface area (Å²) in [5, 5.41) is 28.1. The van der Waals surface area contributed by atoms with Crippen LogP contribution in [0, 0.1) is 5.41 Å². The van der Waals surface area contributed by atoms with Gasteiger partial charge in [0.05, 0.1) is 0 Å². The van der Waals surface area contributed by atoms with Gasteiger partial charge in [-0.2, -0.15) is 0 Å². The minimum Gasteiger partial charge on any atom is -0.478 e. The van der Waals surface area contributed by atoms with Crippen molar-refractivity contribution in [1.29, 1.82) is 0 Å². The van der Waals surface area contributed by atoms with Crippen molar-refractivity contribution in [3.05, 3.63) is 35.5 Å². The molecule has 0 fully saturated rings. The quantitative estimate of drug-likeness (QED) is 0.489. The van der Waals surface area contributed by atoms with Gasteiger partial charge in [0.25, 0.3) is 0 Å². The molecule has 7 nitrogen and oxygen atoms in total. The lowest BCUT2D eigenvalue weighted by Gasteiger charge is -2.31. The predicted octanol–water partition coefficient (Wildman–Crippen LogP) is 2.41. The molecule has 0 aromatic carbocycles. The molecule has 0 bridgehead atoms. The van der Waals surface area contributed by atoms with E-state index in [1.165, 1.54) is 12.2 Å². The van der Waals surface area contributed by atoms with Crippen LogP contribution in [0.15, 0.2) is 35.5 Å². The van der Waals surface area contributed by atoms with Gasteiger partial charge >= 0.3 is 17.9 Å². The van der Waals surface area contributed by atoms with Crippen molar-refractivity contribution in [3.63, 3.8) is 0 Å². The van der Waals surface area contributed by atoms with Crippen molar-refractivity contribution < 1.29 is 29.7 Å². The Labute approximate surface area is 148 Å². The summed E-state index contributed by atoms with van der Waals surface area (Å²) in [6, 6.07) is 0. The van der Waals surface area contributed by atoms with Crippen LogP contribution in [0.5, 0.6) is 0 Å². The van der Waals surface area contributed by atoms with Gasteiger partial charge in [0.15, 0.2) is 0 Å². The Morgan fingerprint density at radius 2 is 1.32 bits per heavy atom. The number of allylic oxidation sites excluding steroid dienone is 2. The van der Waals surface area contributed by atoms with Crippen molar-refractivity contribution in [2.45, 2.75) is 33.1 Å². The zero-order valence-electron chi connectivity index (χ0n) is 15.2. The molecule has 0 spiro atoms. The van der Waals surface area contributed by atoms with Crippen LogP contribution in [0.1, 0.15) is 33.1 Å². The minimum absolute atomic E-state index is 0.0123. The Bertz CT molecular complexity index is 569. The molecule has 0 radical (unpaired) electrons. The van der Waals surface area contributed by atoms with Crippen LogP contribution in [-0.4, -0.2) is 58.8 Å². The highest BCUT2D eigenvalue weighted by atomic mass is 16.4. The second-order valence-corrected chi connectivity index (χ2v) is 6.03. The monoisotopic (exact) mass is 353 g/mol. The number of carbonyl (C=O) groups is 3. The van der Waals surface area contributed by atoms with E-state index in [9.17, 15) is 29.7 Å². The van der Waals surface area contributed by atoms with Gasteiger partial charge in [-0.3, -0.25) is 0 Å². The van der Waals surface area contributed by atoms with E-state index in [-0.39, 0.29) is 36.0 Å². The molecule has 0 rings (SSSR count). The lowest BCUT2D eigenvalue weighted by molar-refractivity contribution is -0.134. The predicted molar refractivity (Wildman–Crippen MR) is 94.4 cm³/mol. The molecule has 0 amide bonds. The van der Waals surface area contributed by atoms with E-state index in [1.807, 2.05) is 4.90 Å². The zero-order chi connectivity index (χ0) is 19.8. The molecule has 0 atom stereocenters. The molecule has 0 aliphatic rings. The molecule has 0 aliphatic carbocycles. The topological polar surface area (TPSA) is 115 Å². The molecule has 3 N–H and O–H groups in total. The summed E-state index contributed by atoms with van der Waals surface area (Å²) in [6.07, 6.45) is 3.20. The number of hydrogen-bond donors (Lipinski definition) is 3. The van der Waals surface area contributed by atoms with Crippen molar-refractivity contribution >= 4 is 17.9 Å².